The van der Waals surface area contributed by atoms with Gasteiger partial charge in [0.1, 0.15) is 4.90 Å². The molecule has 10 heteroatoms. The van der Waals surface area contributed by atoms with Gasteiger partial charge in [0, 0.05) is 11.1 Å². The Balaban J connectivity index is 2.31. The zero-order valence-corrected chi connectivity index (χ0v) is 11.3. The van der Waals surface area contributed by atoms with Crippen molar-refractivity contribution in [1.82, 2.24) is 10.2 Å². The van der Waals surface area contributed by atoms with Crippen LogP contribution in [0.15, 0.2) is 46.5 Å². The van der Waals surface area contributed by atoms with E-state index in [4.69, 9.17) is 0 Å². The molecule has 108 valence electrons. The van der Waals surface area contributed by atoms with Crippen LogP contribution in [0.2, 0.25) is 0 Å². The summed E-state index contributed by atoms with van der Waals surface area (Å²) in [5, 5.41) is 5.80. The van der Waals surface area contributed by atoms with Gasteiger partial charge in [0.15, 0.2) is 0 Å². The lowest BCUT2D eigenvalue weighted by Gasteiger charge is -2.12. The third-order valence-corrected chi connectivity index (χ3v) is 4.28. The Bertz CT molecular complexity index is 684. The van der Waals surface area contributed by atoms with Gasteiger partial charge in [-0.1, -0.05) is 12.1 Å². The van der Waals surface area contributed by atoms with E-state index in [2.05, 4.69) is 14.9 Å². The molecule has 0 unspecified atom stereocenters. The lowest BCUT2D eigenvalue weighted by molar-refractivity contribution is -0.0327. The number of thioether (sulfide) groups is 1. The Morgan fingerprint density at radius 2 is 1.95 bits per heavy atom. The summed E-state index contributed by atoms with van der Waals surface area (Å²) in [5.41, 5.74) is -4.65. The zero-order valence-electron chi connectivity index (χ0n) is 9.68. The molecule has 0 spiro atoms. The summed E-state index contributed by atoms with van der Waals surface area (Å²) >= 11 is -0.385. The molecule has 0 fully saturated rings. The van der Waals surface area contributed by atoms with E-state index >= 15 is 0 Å². The zero-order chi connectivity index (χ0) is 14.8. The first kappa shape index (κ1) is 14.7. The molecule has 2 aromatic rings. The van der Waals surface area contributed by atoms with Crippen LogP contribution < -0.4 is 4.72 Å². The molecular weight excluding hydrogens is 315 g/mol. The van der Waals surface area contributed by atoms with Crippen LogP contribution in [0, 0.1) is 0 Å². The van der Waals surface area contributed by atoms with Gasteiger partial charge in [-0.3, -0.25) is 9.82 Å². The molecule has 0 bridgehead atoms. The number of H-pyrrole nitrogens is 1. The fourth-order valence-electron chi connectivity index (χ4n) is 1.35. The Labute approximate surface area is 116 Å². The second kappa shape index (κ2) is 5.37. The van der Waals surface area contributed by atoms with Crippen LogP contribution in [-0.4, -0.2) is 24.1 Å². The SMILES string of the molecule is O=S(=O)(Nc1ccccc1SC(F)(F)F)c1cn[nH]c1. The van der Waals surface area contributed by atoms with Crippen LogP contribution in [0.4, 0.5) is 18.9 Å². The number of alkyl halides is 3. The highest BCUT2D eigenvalue weighted by atomic mass is 32.2. The number of aromatic nitrogens is 2. The van der Waals surface area contributed by atoms with E-state index in [1.54, 1.807) is 0 Å². The maximum absolute atomic E-state index is 12.4. The molecule has 0 aliphatic rings. The average molecular weight is 323 g/mol. The summed E-state index contributed by atoms with van der Waals surface area (Å²) in [4.78, 5) is -0.392. The number of hydrogen-bond donors (Lipinski definition) is 2. The summed E-state index contributed by atoms with van der Waals surface area (Å²) in [5.74, 6) is 0. The molecule has 0 amide bonds. The van der Waals surface area contributed by atoms with Crippen molar-refractivity contribution in [2.24, 2.45) is 0 Å². The van der Waals surface area contributed by atoms with E-state index in [0.717, 1.165) is 12.4 Å². The first-order valence-electron chi connectivity index (χ1n) is 5.14. The highest BCUT2D eigenvalue weighted by Crippen LogP contribution is 2.40. The van der Waals surface area contributed by atoms with Gasteiger partial charge in [-0.2, -0.15) is 18.3 Å². The predicted molar refractivity (Wildman–Crippen MR) is 67.8 cm³/mol. The number of benzene rings is 1. The molecule has 2 rings (SSSR count). The van der Waals surface area contributed by atoms with Crippen molar-refractivity contribution in [2.45, 2.75) is 15.3 Å². The molecule has 0 atom stereocenters. The van der Waals surface area contributed by atoms with Crippen molar-refractivity contribution in [2.75, 3.05) is 4.72 Å². The minimum Gasteiger partial charge on any atom is -0.284 e. The molecule has 0 aliphatic carbocycles. The standard InChI is InChI=1S/C10H8F3N3O2S2/c11-10(12,13)19-9-4-2-1-3-8(9)16-20(17,18)7-5-14-15-6-7/h1-6,16H,(H,14,15). The van der Waals surface area contributed by atoms with Crippen molar-refractivity contribution >= 4 is 27.5 Å². The smallest absolute Gasteiger partial charge is 0.284 e. The molecule has 0 saturated heterocycles. The van der Waals surface area contributed by atoms with E-state index in [-0.39, 0.29) is 27.2 Å². The number of halogens is 3. The quantitative estimate of drug-likeness (QED) is 0.849. The molecule has 5 nitrogen and oxygen atoms in total. The maximum Gasteiger partial charge on any atom is 0.446 e. The van der Waals surface area contributed by atoms with Crippen molar-refractivity contribution in [3.63, 3.8) is 0 Å². The summed E-state index contributed by atoms with van der Waals surface area (Å²) in [7, 11) is -3.97. The molecule has 0 radical (unpaired) electrons. The van der Waals surface area contributed by atoms with Gasteiger partial charge < -0.3 is 0 Å². The van der Waals surface area contributed by atoms with Gasteiger partial charge in [0.2, 0.25) is 0 Å². The van der Waals surface area contributed by atoms with Gasteiger partial charge in [-0.05, 0) is 23.9 Å². The maximum atomic E-state index is 12.4. The lowest BCUT2D eigenvalue weighted by Crippen LogP contribution is -2.13. The van der Waals surface area contributed by atoms with Gasteiger partial charge in [-0.25, -0.2) is 8.42 Å². The van der Waals surface area contributed by atoms with Crippen LogP contribution in [0.3, 0.4) is 0 Å². The Hall–Kier alpha value is -1.68. The third-order valence-electron chi connectivity index (χ3n) is 2.14. The van der Waals surface area contributed by atoms with E-state index in [1.165, 1.54) is 24.3 Å². The fourth-order valence-corrected chi connectivity index (χ4v) is 3.03. The summed E-state index contributed by atoms with van der Waals surface area (Å²) in [6.45, 7) is 0. The van der Waals surface area contributed by atoms with E-state index < -0.39 is 15.5 Å². The van der Waals surface area contributed by atoms with Crippen LogP contribution in [0.1, 0.15) is 0 Å². The van der Waals surface area contributed by atoms with E-state index in [1.807, 2.05) is 0 Å². The molecule has 0 aliphatic heterocycles. The molecular formula is C10H8F3N3O2S2. The largest absolute Gasteiger partial charge is 0.446 e. The van der Waals surface area contributed by atoms with E-state index in [9.17, 15) is 21.6 Å². The molecule has 2 N–H and O–H groups in total. The topological polar surface area (TPSA) is 74.8 Å². The van der Waals surface area contributed by atoms with Gasteiger partial charge in [0.05, 0.1) is 11.9 Å². The summed E-state index contributed by atoms with van der Waals surface area (Å²) < 4.78 is 63.1. The van der Waals surface area contributed by atoms with Crippen molar-refractivity contribution in [1.29, 1.82) is 0 Å². The van der Waals surface area contributed by atoms with Crippen molar-refractivity contribution < 1.29 is 21.6 Å². The number of para-hydroxylation sites is 1. The van der Waals surface area contributed by atoms with E-state index in [0.29, 0.717) is 0 Å². The number of aromatic amines is 1. The monoisotopic (exact) mass is 323 g/mol. The highest BCUT2D eigenvalue weighted by molar-refractivity contribution is 8.00. The summed E-state index contributed by atoms with van der Waals surface area (Å²) in [6, 6.07) is 5.27. The minimum atomic E-state index is -4.50. The second-order valence-electron chi connectivity index (χ2n) is 3.58. The van der Waals surface area contributed by atoms with Crippen LogP contribution in [0.5, 0.6) is 0 Å². The molecule has 20 heavy (non-hydrogen) atoms. The summed E-state index contributed by atoms with van der Waals surface area (Å²) in [6.07, 6.45) is 2.18. The minimum absolute atomic E-state index is 0.143. The Kier molecular flexibility index (Phi) is 3.95. The molecule has 0 saturated carbocycles. The number of anilines is 1. The van der Waals surface area contributed by atoms with Crippen molar-refractivity contribution in [3.05, 3.63) is 36.7 Å². The van der Waals surface area contributed by atoms with Crippen LogP contribution in [0.25, 0.3) is 0 Å². The third kappa shape index (κ3) is 3.67. The average Bonchev–Trinajstić information content (AvgIpc) is 2.83. The second-order valence-corrected chi connectivity index (χ2v) is 6.37. The normalized spacial score (nSPS) is 12.3. The predicted octanol–water partition coefficient (Wildman–Crippen LogP) is 2.82. The molecule has 1 aromatic carbocycles. The Morgan fingerprint density at radius 3 is 2.55 bits per heavy atom. The number of sulfonamides is 1. The number of nitrogens with zero attached hydrogens (tertiary/aromatic N) is 1. The van der Waals surface area contributed by atoms with Gasteiger partial charge >= 0.3 is 5.51 Å². The molecule has 1 heterocycles. The highest BCUT2D eigenvalue weighted by Gasteiger charge is 2.31. The van der Waals surface area contributed by atoms with Crippen molar-refractivity contribution in [3.8, 4) is 0 Å². The number of nitrogens with one attached hydrogen (secondary N) is 2. The number of hydrogen-bond acceptors (Lipinski definition) is 4. The van der Waals surface area contributed by atoms with Crippen LogP contribution >= 0.6 is 11.8 Å². The first-order valence-corrected chi connectivity index (χ1v) is 7.44. The fraction of sp³-hybridized carbons (Fsp3) is 0.100. The van der Waals surface area contributed by atoms with Crippen LogP contribution in [-0.2, 0) is 10.0 Å². The first-order chi connectivity index (χ1) is 9.28. The lowest BCUT2D eigenvalue weighted by atomic mass is 10.3. The Morgan fingerprint density at radius 1 is 1.25 bits per heavy atom. The molecule has 1 aromatic heterocycles. The van der Waals surface area contributed by atoms with Gasteiger partial charge in [0.25, 0.3) is 10.0 Å². The number of rotatable bonds is 4. The van der Waals surface area contributed by atoms with Gasteiger partial charge in [-0.15, -0.1) is 0 Å².